The zero-order valence-corrected chi connectivity index (χ0v) is 15.4. The van der Waals surface area contributed by atoms with Crippen molar-refractivity contribution in [2.24, 2.45) is 0 Å². The minimum absolute atomic E-state index is 0.0678. The predicted molar refractivity (Wildman–Crippen MR) is 105 cm³/mol. The lowest BCUT2D eigenvalue weighted by Gasteiger charge is -2.26. The molecule has 1 unspecified atom stereocenters. The molecule has 5 nitrogen and oxygen atoms in total. The number of aromatic nitrogens is 1. The van der Waals surface area contributed by atoms with Crippen LogP contribution in [0.3, 0.4) is 0 Å². The van der Waals surface area contributed by atoms with E-state index in [1.54, 1.807) is 12.4 Å². The summed E-state index contributed by atoms with van der Waals surface area (Å²) in [7, 11) is 0. The molecule has 1 saturated heterocycles. The molecule has 1 aliphatic heterocycles. The molecule has 1 fully saturated rings. The van der Waals surface area contributed by atoms with Gasteiger partial charge in [-0.3, -0.25) is 4.98 Å². The van der Waals surface area contributed by atoms with Crippen LogP contribution in [0.1, 0.15) is 43.4 Å². The SMILES string of the molecule is CC(NC(=O)Nc1ccc(CCN2CCCCC2)cc1)c1ccncc1. The van der Waals surface area contributed by atoms with Crippen molar-refractivity contribution in [2.75, 3.05) is 25.0 Å². The lowest BCUT2D eigenvalue weighted by Crippen LogP contribution is -2.31. The molecule has 2 amide bonds. The van der Waals surface area contributed by atoms with Gasteiger partial charge >= 0.3 is 6.03 Å². The Kier molecular flexibility index (Phi) is 6.61. The molecule has 0 spiro atoms. The van der Waals surface area contributed by atoms with Crippen LogP contribution in [0.25, 0.3) is 0 Å². The van der Waals surface area contributed by atoms with Gasteiger partial charge < -0.3 is 15.5 Å². The molecule has 1 atom stereocenters. The van der Waals surface area contributed by atoms with Crippen molar-refractivity contribution in [3.8, 4) is 0 Å². The Labute approximate surface area is 155 Å². The summed E-state index contributed by atoms with van der Waals surface area (Å²) >= 11 is 0. The van der Waals surface area contributed by atoms with Gasteiger partial charge in [-0.1, -0.05) is 18.6 Å². The quantitative estimate of drug-likeness (QED) is 0.826. The number of benzene rings is 1. The lowest BCUT2D eigenvalue weighted by atomic mass is 10.1. The van der Waals surface area contributed by atoms with Crippen LogP contribution in [0.15, 0.2) is 48.8 Å². The number of urea groups is 1. The maximum atomic E-state index is 12.2. The molecule has 0 radical (unpaired) electrons. The number of hydrogen-bond acceptors (Lipinski definition) is 3. The van der Waals surface area contributed by atoms with E-state index in [0.29, 0.717) is 0 Å². The standard InChI is InChI=1S/C21H28N4O/c1-17(19-9-12-22-13-10-19)23-21(26)24-20-7-5-18(6-8-20)11-16-25-14-3-2-4-15-25/h5-10,12-13,17H,2-4,11,14-16H2,1H3,(H2,23,24,26). The van der Waals surface area contributed by atoms with Crippen LogP contribution in [0.5, 0.6) is 0 Å². The summed E-state index contributed by atoms with van der Waals surface area (Å²) in [5.74, 6) is 0. The molecule has 0 saturated carbocycles. The number of rotatable bonds is 6. The number of amides is 2. The van der Waals surface area contributed by atoms with Gasteiger partial charge in [-0.25, -0.2) is 4.79 Å². The van der Waals surface area contributed by atoms with Crippen molar-refractivity contribution in [1.82, 2.24) is 15.2 Å². The van der Waals surface area contributed by atoms with E-state index in [9.17, 15) is 4.79 Å². The summed E-state index contributed by atoms with van der Waals surface area (Å²) in [6, 6.07) is 11.7. The highest BCUT2D eigenvalue weighted by atomic mass is 16.2. The van der Waals surface area contributed by atoms with Crippen LogP contribution in [0.2, 0.25) is 0 Å². The van der Waals surface area contributed by atoms with Gasteiger partial charge in [0.25, 0.3) is 0 Å². The zero-order chi connectivity index (χ0) is 18.2. The van der Waals surface area contributed by atoms with Crippen molar-refractivity contribution in [1.29, 1.82) is 0 Å². The van der Waals surface area contributed by atoms with E-state index < -0.39 is 0 Å². The highest BCUT2D eigenvalue weighted by Gasteiger charge is 2.11. The molecule has 138 valence electrons. The number of piperidine rings is 1. The minimum atomic E-state index is -0.199. The highest BCUT2D eigenvalue weighted by molar-refractivity contribution is 5.89. The first-order valence-electron chi connectivity index (χ1n) is 9.49. The van der Waals surface area contributed by atoms with E-state index in [1.807, 2.05) is 31.2 Å². The first kappa shape index (κ1) is 18.4. The number of carbonyl (C=O) groups is 1. The Hall–Kier alpha value is -2.40. The maximum absolute atomic E-state index is 12.2. The highest BCUT2D eigenvalue weighted by Crippen LogP contribution is 2.14. The second-order valence-corrected chi connectivity index (χ2v) is 6.95. The fourth-order valence-electron chi connectivity index (χ4n) is 3.32. The summed E-state index contributed by atoms with van der Waals surface area (Å²) in [6.45, 7) is 5.54. The molecule has 0 bridgehead atoms. The fourth-order valence-corrected chi connectivity index (χ4v) is 3.32. The topological polar surface area (TPSA) is 57.3 Å². The van der Waals surface area contributed by atoms with Crippen molar-refractivity contribution < 1.29 is 4.79 Å². The van der Waals surface area contributed by atoms with Crippen molar-refractivity contribution in [3.05, 3.63) is 59.9 Å². The van der Waals surface area contributed by atoms with E-state index >= 15 is 0 Å². The van der Waals surface area contributed by atoms with Gasteiger partial charge in [0.1, 0.15) is 0 Å². The molecule has 26 heavy (non-hydrogen) atoms. The molecular formula is C21H28N4O. The summed E-state index contributed by atoms with van der Waals surface area (Å²) < 4.78 is 0. The molecule has 0 aliphatic carbocycles. The zero-order valence-electron chi connectivity index (χ0n) is 15.4. The van der Waals surface area contributed by atoms with Gasteiger partial charge in [-0.15, -0.1) is 0 Å². The van der Waals surface area contributed by atoms with Crippen molar-refractivity contribution >= 4 is 11.7 Å². The molecular weight excluding hydrogens is 324 g/mol. The first-order chi connectivity index (χ1) is 12.7. The number of anilines is 1. The van der Waals surface area contributed by atoms with Gasteiger partial charge in [-0.2, -0.15) is 0 Å². The second-order valence-electron chi connectivity index (χ2n) is 6.95. The predicted octanol–water partition coefficient (Wildman–Crippen LogP) is 3.99. The molecule has 1 aromatic carbocycles. The number of likely N-dealkylation sites (tertiary alicyclic amines) is 1. The Morgan fingerprint density at radius 2 is 1.77 bits per heavy atom. The summed E-state index contributed by atoms with van der Waals surface area (Å²) in [6.07, 6.45) is 8.55. The number of hydrogen-bond donors (Lipinski definition) is 2. The Morgan fingerprint density at radius 1 is 1.08 bits per heavy atom. The van der Waals surface area contributed by atoms with Crippen LogP contribution in [0.4, 0.5) is 10.5 Å². The van der Waals surface area contributed by atoms with E-state index in [2.05, 4.69) is 32.7 Å². The summed E-state index contributed by atoms with van der Waals surface area (Å²) in [5, 5.41) is 5.84. The van der Waals surface area contributed by atoms with Crippen LogP contribution in [-0.2, 0) is 6.42 Å². The number of nitrogens with one attached hydrogen (secondary N) is 2. The normalized spacial score (nSPS) is 16.0. The number of carbonyl (C=O) groups excluding carboxylic acids is 1. The molecule has 2 N–H and O–H groups in total. The monoisotopic (exact) mass is 352 g/mol. The first-order valence-corrected chi connectivity index (χ1v) is 9.49. The smallest absolute Gasteiger partial charge is 0.319 e. The maximum Gasteiger partial charge on any atom is 0.319 e. The Bertz CT molecular complexity index is 681. The van der Waals surface area contributed by atoms with Crippen LogP contribution >= 0.6 is 0 Å². The van der Waals surface area contributed by atoms with Crippen LogP contribution in [-0.4, -0.2) is 35.5 Å². The van der Waals surface area contributed by atoms with Gasteiger partial charge in [0.2, 0.25) is 0 Å². The van der Waals surface area contributed by atoms with E-state index in [0.717, 1.165) is 24.2 Å². The third-order valence-corrected chi connectivity index (χ3v) is 4.93. The van der Waals surface area contributed by atoms with Gasteiger partial charge in [-0.05, 0) is 74.7 Å². The van der Waals surface area contributed by atoms with Gasteiger partial charge in [0, 0.05) is 24.6 Å². The summed E-state index contributed by atoms with van der Waals surface area (Å²) in [5.41, 5.74) is 3.15. The largest absolute Gasteiger partial charge is 0.331 e. The Morgan fingerprint density at radius 3 is 2.46 bits per heavy atom. The minimum Gasteiger partial charge on any atom is -0.331 e. The molecule has 2 heterocycles. The van der Waals surface area contributed by atoms with Crippen LogP contribution in [0, 0.1) is 0 Å². The van der Waals surface area contributed by atoms with Gasteiger partial charge in [0.05, 0.1) is 6.04 Å². The number of nitrogens with zero attached hydrogens (tertiary/aromatic N) is 2. The van der Waals surface area contributed by atoms with E-state index in [1.165, 1.54) is 37.9 Å². The second kappa shape index (κ2) is 9.34. The van der Waals surface area contributed by atoms with E-state index in [-0.39, 0.29) is 12.1 Å². The van der Waals surface area contributed by atoms with Gasteiger partial charge in [0.15, 0.2) is 0 Å². The molecule has 3 rings (SSSR count). The van der Waals surface area contributed by atoms with E-state index in [4.69, 9.17) is 0 Å². The summed E-state index contributed by atoms with van der Waals surface area (Å²) in [4.78, 5) is 18.7. The average Bonchev–Trinajstić information content (AvgIpc) is 2.69. The molecule has 1 aliphatic rings. The molecule has 5 heteroatoms. The number of pyridine rings is 1. The lowest BCUT2D eigenvalue weighted by molar-refractivity contribution is 0.231. The van der Waals surface area contributed by atoms with Crippen LogP contribution < -0.4 is 10.6 Å². The van der Waals surface area contributed by atoms with Crippen molar-refractivity contribution in [2.45, 2.75) is 38.6 Å². The Balaban J connectivity index is 1.45. The third-order valence-electron chi connectivity index (χ3n) is 4.93. The molecule has 1 aromatic heterocycles. The van der Waals surface area contributed by atoms with Crippen molar-refractivity contribution in [3.63, 3.8) is 0 Å². The fraction of sp³-hybridized carbons (Fsp3) is 0.429. The average molecular weight is 352 g/mol. The third kappa shape index (κ3) is 5.56. The molecule has 2 aromatic rings.